The highest BCUT2D eigenvalue weighted by Crippen LogP contribution is 2.25. The second-order valence-electron chi connectivity index (χ2n) is 3.80. The van der Waals surface area contributed by atoms with Gasteiger partial charge in [0.15, 0.2) is 9.84 Å². The van der Waals surface area contributed by atoms with E-state index >= 15 is 0 Å². The van der Waals surface area contributed by atoms with Crippen molar-refractivity contribution in [1.82, 2.24) is 4.98 Å². The number of pyridine rings is 1. The van der Waals surface area contributed by atoms with Crippen LogP contribution in [-0.2, 0) is 9.84 Å². The fourth-order valence-corrected chi connectivity index (χ4v) is 3.50. The van der Waals surface area contributed by atoms with Crippen LogP contribution < -0.4 is 0 Å². The monoisotopic (exact) mass is 235 g/mol. The molecule has 1 aromatic heterocycles. The number of allylic oxidation sites excluding steroid dienone is 3. The minimum absolute atomic E-state index is 0.294. The summed E-state index contributed by atoms with van der Waals surface area (Å²) < 4.78 is 24.6. The van der Waals surface area contributed by atoms with Gasteiger partial charge in [-0.1, -0.05) is 23.8 Å². The summed E-state index contributed by atoms with van der Waals surface area (Å²) in [7, 11) is -3.29. The van der Waals surface area contributed by atoms with Crippen molar-refractivity contribution in [3.63, 3.8) is 0 Å². The van der Waals surface area contributed by atoms with Gasteiger partial charge in [0.05, 0.1) is 10.1 Å². The van der Waals surface area contributed by atoms with E-state index in [0.717, 1.165) is 5.57 Å². The maximum atomic E-state index is 12.3. The van der Waals surface area contributed by atoms with E-state index < -0.39 is 15.1 Å². The number of hydrogen-bond acceptors (Lipinski definition) is 3. The summed E-state index contributed by atoms with van der Waals surface area (Å²) in [5.41, 5.74) is 0.881. The van der Waals surface area contributed by atoms with Crippen LogP contribution in [0.5, 0.6) is 0 Å². The van der Waals surface area contributed by atoms with E-state index in [0.29, 0.717) is 11.3 Å². The zero-order chi connectivity index (χ0) is 11.6. The molecule has 1 atom stereocenters. The van der Waals surface area contributed by atoms with Crippen LogP contribution in [0.1, 0.15) is 13.3 Å². The third-order valence-corrected chi connectivity index (χ3v) is 4.90. The standard InChI is InChI=1S/C12H13NO2S/c1-10-5-2-3-7-12(10)16(14,15)11-6-4-8-13-9-11/h2-6,8-9,12H,7H2,1H3. The first kappa shape index (κ1) is 11.1. The van der Waals surface area contributed by atoms with Crippen molar-refractivity contribution in [1.29, 1.82) is 0 Å². The van der Waals surface area contributed by atoms with E-state index in [2.05, 4.69) is 4.98 Å². The third-order valence-electron chi connectivity index (χ3n) is 2.69. The van der Waals surface area contributed by atoms with Crippen molar-refractivity contribution in [3.05, 3.63) is 48.3 Å². The predicted molar refractivity (Wildman–Crippen MR) is 62.7 cm³/mol. The Morgan fingerprint density at radius 3 is 2.88 bits per heavy atom. The lowest BCUT2D eigenvalue weighted by molar-refractivity contribution is 0.585. The number of sulfone groups is 1. The number of aromatic nitrogens is 1. The Balaban J connectivity index is 2.41. The summed E-state index contributed by atoms with van der Waals surface area (Å²) in [4.78, 5) is 4.15. The van der Waals surface area contributed by atoms with E-state index in [-0.39, 0.29) is 0 Å². The highest BCUT2D eigenvalue weighted by molar-refractivity contribution is 7.92. The van der Waals surface area contributed by atoms with Gasteiger partial charge in [-0.3, -0.25) is 4.98 Å². The summed E-state index contributed by atoms with van der Waals surface area (Å²) in [6.07, 6.45) is 9.14. The molecule has 16 heavy (non-hydrogen) atoms. The number of rotatable bonds is 2. The van der Waals surface area contributed by atoms with Crippen molar-refractivity contribution in [2.75, 3.05) is 0 Å². The Labute approximate surface area is 95.4 Å². The van der Waals surface area contributed by atoms with Crippen LogP contribution in [0.2, 0.25) is 0 Å². The number of hydrogen-bond donors (Lipinski definition) is 0. The highest BCUT2D eigenvalue weighted by atomic mass is 32.2. The van der Waals surface area contributed by atoms with Crippen LogP contribution in [0.3, 0.4) is 0 Å². The Hall–Kier alpha value is -1.42. The fraction of sp³-hybridized carbons (Fsp3) is 0.250. The molecule has 1 aromatic rings. The molecule has 0 spiro atoms. The molecular weight excluding hydrogens is 222 g/mol. The third kappa shape index (κ3) is 1.93. The van der Waals surface area contributed by atoms with Crippen molar-refractivity contribution in [2.24, 2.45) is 0 Å². The van der Waals surface area contributed by atoms with Crippen LogP contribution in [0, 0.1) is 0 Å². The summed E-state index contributed by atoms with van der Waals surface area (Å²) >= 11 is 0. The van der Waals surface area contributed by atoms with E-state index in [4.69, 9.17) is 0 Å². The largest absolute Gasteiger partial charge is 0.263 e. The zero-order valence-electron chi connectivity index (χ0n) is 9.00. The van der Waals surface area contributed by atoms with Crippen LogP contribution in [0.25, 0.3) is 0 Å². The predicted octanol–water partition coefficient (Wildman–Crippen LogP) is 2.13. The van der Waals surface area contributed by atoms with Crippen molar-refractivity contribution >= 4 is 9.84 Å². The Morgan fingerprint density at radius 1 is 1.44 bits per heavy atom. The van der Waals surface area contributed by atoms with Gasteiger partial charge in [-0.25, -0.2) is 8.42 Å². The molecule has 1 aliphatic rings. The van der Waals surface area contributed by atoms with Crippen LogP contribution >= 0.6 is 0 Å². The Kier molecular flexibility index (Phi) is 2.92. The van der Waals surface area contributed by atoms with E-state index in [1.54, 1.807) is 18.3 Å². The molecule has 0 radical (unpaired) electrons. The second-order valence-corrected chi connectivity index (χ2v) is 5.93. The SMILES string of the molecule is CC1=CC=CCC1S(=O)(=O)c1cccnc1. The van der Waals surface area contributed by atoms with E-state index in [1.165, 1.54) is 6.20 Å². The fourth-order valence-electron chi connectivity index (χ4n) is 1.77. The Bertz CT molecular complexity index is 529. The molecule has 0 saturated carbocycles. The lowest BCUT2D eigenvalue weighted by Gasteiger charge is -2.18. The Morgan fingerprint density at radius 2 is 2.25 bits per heavy atom. The molecule has 1 aliphatic carbocycles. The summed E-state index contributed by atoms with van der Waals surface area (Å²) in [6.45, 7) is 1.85. The van der Waals surface area contributed by atoms with Gasteiger partial charge in [0, 0.05) is 12.4 Å². The highest BCUT2D eigenvalue weighted by Gasteiger charge is 2.28. The minimum atomic E-state index is -3.29. The van der Waals surface area contributed by atoms with E-state index in [1.807, 2.05) is 25.2 Å². The summed E-state index contributed by atoms with van der Waals surface area (Å²) in [6, 6.07) is 3.23. The van der Waals surface area contributed by atoms with Crippen LogP contribution in [0.4, 0.5) is 0 Å². The maximum absolute atomic E-state index is 12.3. The molecule has 1 unspecified atom stereocenters. The van der Waals surface area contributed by atoms with Crippen molar-refractivity contribution in [2.45, 2.75) is 23.5 Å². The quantitative estimate of drug-likeness (QED) is 0.789. The zero-order valence-corrected chi connectivity index (χ0v) is 9.81. The van der Waals surface area contributed by atoms with Crippen molar-refractivity contribution in [3.8, 4) is 0 Å². The molecule has 0 fully saturated rings. The molecule has 0 saturated heterocycles. The van der Waals surface area contributed by atoms with Crippen LogP contribution in [-0.4, -0.2) is 18.7 Å². The molecule has 0 amide bonds. The maximum Gasteiger partial charge on any atom is 0.186 e. The molecule has 0 N–H and O–H groups in total. The lowest BCUT2D eigenvalue weighted by Crippen LogP contribution is -2.23. The first-order valence-electron chi connectivity index (χ1n) is 5.09. The van der Waals surface area contributed by atoms with Gasteiger partial charge in [0.1, 0.15) is 0 Å². The molecule has 0 aliphatic heterocycles. The first-order valence-corrected chi connectivity index (χ1v) is 6.64. The molecule has 84 valence electrons. The molecule has 2 rings (SSSR count). The van der Waals surface area contributed by atoms with Crippen LogP contribution in [0.15, 0.2) is 53.2 Å². The first-order chi connectivity index (χ1) is 7.62. The smallest absolute Gasteiger partial charge is 0.186 e. The molecular formula is C12H13NO2S. The normalized spacial score (nSPS) is 20.6. The van der Waals surface area contributed by atoms with Gasteiger partial charge in [0.25, 0.3) is 0 Å². The lowest BCUT2D eigenvalue weighted by atomic mass is 10.1. The van der Waals surface area contributed by atoms with E-state index in [9.17, 15) is 8.42 Å². The summed E-state index contributed by atoms with van der Waals surface area (Å²) in [5.74, 6) is 0. The molecule has 0 bridgehead atoms. The molecule has 4 heteroatoms. The van der Waals surface area contributed by atoms with Gasteiger partial charge in [-0.2, -0.15) is 0 Å². The molecule has 1 heterocycles. The van der Waals surface area contributed by atoms with Gasteiger partial charge in [0.2, 0.25) is 0 Å². The van der Waals surface area contributed by atoms with Gasteiger partial charge < -0.3 is 0 Å². The molecule has 0 aromatic carbocycles. The average Bonchev–Trinajstić information content (AvgIpc) is 2.30. The van der Waals surface area contributed by atoms with Gasteiger partial charge in [-0.05, 0) is 25.5 Å². The second kappa shape index (κ2) is 4.22. The summed E-state index contributed by atoms with van der Waals surface area (Å²) in [5, 5.41) is -0.443. The van der Waals surface area contributed by atoms with Crippen molar-refractivity contribution < 1.29 is 8.42 Å². The molecule has 3 nitrogen and oxygen atoms in total. The average molecular weight is 235 g/mol. The topological polar surface area (TPSA) is 47.0 Å². The van der Waals surface area contributed by atoms with Gasteiger partial charge in [-0.15, -0.1) is 0 Å². The minimum Gasteiger partial charge on any atom is -0.263 e. The number of nitrogens with zero attached hydrogens (tertiary/aromatic N) is 1. The van der Waals surface area contributed by atoms with Gasteiger partial charge >= 0.3 is 0 Å².